The highest BCUT2D eigenvalue weighted by Gasteiger charge is 2.10. The number of hydrogen-bond acceptors (Lipinski definition) is 6. The third-order valence-electron chi connectivity index (χ3n) is 2.22. The van der Waals surface area contributed by atoms with Crippen molar-refractivity contribution in [2.75, 3.05) is 0 Å². The van der Waals surface area contributed by atoms with Gasteiger partial charge >= 0.3 is 0 Å². The minimum absolute atomic E-state index is 0.144. The van der Waals surface area contributed by atoms with Gasteiger partial charge in [-0.25, -0.2) is 0 Å². The minimum Gasteiger partial charge on any atom is -0.258 e. The lowest BCUT2D eigenvalue weighted by molar-refractivity contribution is -0.419. The number of rotatable bonds is 11. The van der Waals surface area contributed by atoms with Crippen LogP contribution in [0.15, 0.2) is 96.1 Å². The minimum atomic E-state index is -0.543. The molecule has 0 spiro atoms. The molecular formula is C16H16N2O4S2. The Kier molecular flexibility index (Phi) is 10.6. The van der Waals surface area contributed by atoms with Crippen molar-refractivity contribution >= 4 is 21.6 Å². The van der Waals surface area contributed by atoms with Crippen LogP contribution in [0.2, 0.25) is 0 Å². The molecule has 0 aliphatic heterocycles. The summed E-state index contributed by atoms with van der Waals surface area (Å²) in [6.07, 6.45) is 10.7. The summed E-state index contributed by atoms with van der Waals surface area (Å²) in [5.74, 6) is 0. The molecule has 0 aliphatic rings. The fourth-order valence-corrected chi connectivity index (χ4v) is 3.13. The molecule has 0 N–H and O–H groups in total. The van der Waals surface area contributed by atoms with E-state index in [0.717, 1.165) is 21.6 Å². The standard InChI is InChI=1S/C16H16N2O4S2/c1-5-9-13(17(19)20)11-15(7-3)23-24-16(8-4)12-14(10-6-2)18(21)22/h5-12H,1-4H2/b13-9+,14-10+,15-11+,16-12+. The van der Waals surface area contributed by atoms with E-state index in [1.54, 1.807) is 0 Å². The van der Waals surface area contributed by atoms with E-state index in [4.69, 9.17) is 0 Å². The van der Waals surface area contributed by atoms with Crippen molar-refractivity contribution in [1.29, 1.82) is 0 Å². The second-order valence-electron chi connectivity index (χ2n) is 3.84. The molecule has 0 rings (SSSR count). The van der Waals surface area contributed by atoms with E-state index < -0.39 is 9.85 Å². The van der Waals surface area contributed by atoms with Gasteiger partial charge in [-0.05, 0) is 0 Å². The lowest BCUT2D eigenvalue weighted by Gasteiger charge is -2.02. The molecular weight excluding hydrogens is 348 g/mol. The quantitative estimate of drug-likeness (QED) is 0.217. The molecule has 0 aromatic rings. The van der Waals surface area contributed by atoms with Crippen molar-refractivity contribution in [3.05, 3.63) is 116 Å². The Morgan fingerprint density at radius 3 is 1.29 bits per heavy atom. The summed E-state index contributed by atoms with van der Waals surface area (Å²) in [7, 11) is 2.33. The maximum absolute atomic E-state index is 10.9. The van der Waals surface area contributed by atoms with Crippen LogP contribution in [0.5, 0.6) is 0 Å². The van der Waals surface area contributed by atoms with E-state index in [9.17, 15) is 20.2 Å². The Morgan fingerprint density at radius 1 is 0.750 bits per heavy atom. The largest absolute Gasteiger partial charge is 0.270 e. The molecule has 0 radical (unpaired) electrons. The molecule has 0 aromatic heterocycles. The van der Waals surface area contributed by atoms with E-state index in [0.29, 0.717) is 9.81 Å². The predicted octanol–water partition coefficient (Wildman–Crippen LogP) is 5.20. The summed E-state index contributed by atoms with van der Waals surface area (Å²) in [4.78, 5) is 21.7. The highest BCUT2D eigenvalue weighted by atomic mass is 33.1. The van der Waals surface area contributed by atoms with Crippen LogP contribution in [0.4, 0.5) is 0 Å². The van der Waals surface area contributed by atoms with Crippen molar-refractivity contribution in [2.24, 2.45) is 0 Å². The molecule has 0 aromatic carbocycles. The first-order valence-electron chi connectivity index (χ1n) is 6.36. The summed E-state index contributed by atoms with van der Waals surface area (Å²) < 4.78 is 0. The summed E-state index contributed by atoms with van der Waals surface area (Å²) >= 11 is 0. The van der Waals surface area contributed by atoms with Gasteiger partial charge in [-0.2, -0.15) is 0 Å². The molecule has 126 valence electrons. The normalized spacial score (nSPS) is 13.2. The number of hydrogen-bond donors (Lipinski definition) is 0. The predicted molar refractivity (Wildman–Crippen MR) is 102 cm³/mol. The first-order chi connectivity index (χ1) is 11.4. The summed E-state index contributed by atoms with van der Waals surface area (Å²) in [5.41, 5.74) is -0.288. The van der Waals surface area contributed by atoms with Crippen LogP contribution in [0.3, 0.4) is 0 Å². The molecule has 6 nitrogen and oxygen atoms in total. The monoisotopic (exact) mass is 364 g/mol. The van der Waals surface area contributed by atoms with Crippen molar-refractivity contribution < 1.29 is 9.85 Å². The molecule has 0 unspecified atom stereocenters. The first-order valence-corrected chi connectivity index (χ1v) is 8.51. The highest BCUT2D eigenvalue weighted by Crippen LogP contribution is 2.38. The molecule has 0 aliphatic carbocycles. The van der Waals surface area contributed by atoms with Crippen LogP contribution in [0, 0.1) is 20.2 Å². The zero-order valence-electron chi connectivity index (χ0n) is 12.8. The highest BCUT2D eigenvalue weighted by molar-refractivity contribution is 8.79. The Morgan fingerprint density at radius 2 is 1.08 bits per heavy atom. The smallest absolute Gasteiger partial charge is 0.258 e. The fourth-order valence-electron chi connectivity index (χ4n) is 1.19. The van der Waals surface area contributed by atoms with Gasteiger partial charge in [-0.1, -0.05) is 72.2 Å². The van der Waals surface area contributed by atoms with Crippen molar-refractivity contribution in [3.8, 4) is 0 Å². The van der Waals surface area contributed by atoms with E-state index in [-0.39, 0.29) is 11.4 Å². The molecule has 0 heterocycles. The second-order valence-corrected chi connectivity index (χ2v) is 6.11. The number of nitrogens with zero attached hydrogens (tertiary/aromatic N) is 2. The van der Waals surface area contributed by atoms with Crippen molar-refractivity contribution in [2.45, 2.75) is 0 Å². The van der Waals surface area contributed by atoms with Crippen LogP contribution in [-0.4, -0.2) is 9.85 Å². The maximum Gasteiger partial charge on any atom is 0.270 e. The van der Waals surface area contributed by atoms with Gasteiger partial charge < -0.3 is 0 Å². The van der Waals surface area contributed by atoms with Gasteiger partial charge in [0, 0.05) is 34.1 Å². The van der Waals surface area contributed by atoms with Crippen molar-refractivity contribution in [1.82, 2.24) is 0 Å². The van der Waals surface area contributed by atoms with Gasteiger partial charge in [-0.3, -0.25) is 20.2 Å². The molecule has 0 saturated carbocycles. The lowest BCUT2D eigenvalue weighted by Crippen LogP contribution is -1.95. The van der Waals surface area contributed by atoms with E-state index in [1.807, 2.05) is 0 Å². The van der Waals surface area contributed by atoms with Gasteiger partial charge in [-0.15, -0.1) is 0 Å². The van der Waals surface area contributed by atoms with Gasteiger partial charge in [0.2, 0.25) is 0 Å². The molecule has 0 atom stereocenters. The van der Waals surface area contributed by atoms with Gasteiger partial charge in [0.05, 0.1) is 9.85 Å². The summed E-state index contributed by atoms with van der Waals surface area (Å²) in [6, 6.07) is 0. The second kappa shape index (κ2) is 11.9. The Hall–Kier alpha value is -2.58. The SMILES string of the molecule is C=C/C=C(\C=C(/C=C)SS/C(C=C)=C/C(=C\C=C)[N+](=O)[O-])[N+](=O)[O-]. The van der Waals surface area contributed by atoms with E-state index in [1.165, 1.54) is 48.6 Å². The van der Waals surface area contributed by atoms with Gasteiger partial charge in [0.25, 0.3) is 11.4 Å². The van der Waals surface area contributed by atoms with Crippen LogP contribution in [0.1, 0.15) is 0 Å². The Bertz CT molecular complexity index is 616. The average Bonchev–Trinajstić information content (AvgIpc) is 2.54. The fraction of sp³-hybridized carbons (Fsp3) is 0. The molecule has 8 heteroatoms. The molecule has 0 bridgehead atoms. The number of allylic oxidation sites excluding steroid dienone is 8. The van der Waals surface area contributed by atoms with E-state index in [2.05, 4.69) is 26.3 Å². The van der Waals surface area contributed by atoms with Crippen LogP contribution >= 0.6 is 21.6 Å². The Balaban J connectivity index is 5.36. The summed E-state index contributed by atoms with van der Waals surface area (Å²) in [6.45, 7) is 14.0. The lowest BCUT2D eigenvalue weighted by atomic mass is 10.3. The van der Waals surface area contributed by atoms with Crippen LogP contribution in [-0.2, 0) is 0 Å². The summed E-state index contributed by atoms with van der Waals surface area (Å²) in [5, 5.41) is 21.8. The third kappa shape index (κ3) is 8.16. The molecule has 0 saturated heterocycles. The van der Waals surface area contributed by atoms with Crippen LogP contribution < -0.4 is 0 Å². The van der Waals surface area contributed by atoms with E-state index >= 15 is 0 Å². The molecule has 24 heavy (non-hydrogen) atoms. The average molecular weight is 364 g/mol. The number of nitro groups is 2. The Labute approximate surface area is 148 Å². The van der Waals surface area contributed by atoms with Gasteiger partial charge in [0.15, 0.2) is 0 Å². The topological polar surface area (TPSA) is 86.3 Å². The zero-order valence-corrected chi connectivity index (χ0v) is 14.4. The third-order valence-corrected chi connectivity index (χ3v) is 4.66. The molecule has 0 fully saturated rings. The maximum atomic E-state index is 10.9. The first kappa shape index (κ1) is 21.4. The van der Waals surface area contributed by atoms with Crippen molar-refractivity contribution in [3.63, 3.8) is 0 Å². The molecule has 0 amide bonds. The van der Waals surface area contributed by atoms with Crippen LogP contribution in [0.25, 0.3) is 0 Å². The van der Waals surface area contributed by atoms with Gasteiger partial charge in [0.1, 0.15) is 0 Å². The zero-order chi connectivity index (χ0) is 18.5.